The van der Waals surface area contributed by atoms with E-state index in [-0.39, 0.29) is 17.8 Å². The van der Waals surface area contributed by atoms with Crippen molar-refractivity contribution >= 4 is 45.0 Å². The van der Waals surface area contributed by atoms with Crippen LogP contribution in [0.4, 0.5) is 0 Å². The lowest BCUT2D eigenvalue weighted by Crippen LogP contribution is -2.41. The molecule has 0 aliphatic carbocycles. The number of benzene rings is 1. The first-order chi connectivity index (χ1) is 15.0. The predicted molar refractivity (Wildman–Crippen MR) is 126 cm³/mol. The third-order valence-electron chi connectivity index (χ3n) is 5.17. The van der Waals surface area contributed by atoms with E-state index in [2.05, 4.69) is 26.6 Å². The minimum atomic E-state index is -0.287. The second-order valence-corrected chi connectivity index (χ2v) is 9.22. The molecule has 2 amide bonds. The molecule has 0 atom stereocenters. The highest BCUT2D eigenvalue weighted by atomic mass is 79.9. The molecule has 7 nitrogen and oxygen atoms in total. The number of hydrogen-bond donors (Lipinski definition) is 3. The summed E-state index contributed by atoms with van der Waals surface area (Å²) in [4.78, 5) is 27.1. The van der Waals surface area contributed by atoms with Crippen LogP contribution in [0.1, 0.15) is 40.1 Å². The Labute approximate surface area is 194 Å². The van der Waals surface area contributed by atoms with Gasteiger partial charge in [0.15, 0.2) is 5.96 Å². The largest absolute Gasteiger partial charge is 0.496 e. The van der Waals surface area contributed by atoms with Crippen LogP contribution in [-0.4, -0.2) is 49.4 Å². The van der Waals surface area contributed by atoms with Crippen LogP contribution in [0.15, 0.2) is 34.1 Å². The van der Waals surface area contributed by atoms with Crippen molar-refractivity contribution in [2.24, 2.45) is 0 Å². The number of nitrogens with one attached hydrogen (secondary N) is 3. The molecule has 0 radical (unpaired) electrons. The van der Waals surface area contributed by atoms with E-state index in [0.29, 0.717) is 31.5 Å². The quantitative estimate of drug-likeness (QED) is 0.275. The van der Waals surface area contributed by atoms with Gasteiger partial charge >= 0.3 is 0 Å². The Morgan fingerprint density at radius 1 is 1.32 bits per heavy atom. The Hall–Kier alpha value is -2.39. The molecule has 166 valence electrons. The lowest BCUT2D eigenvalue weighted by molar-refractivity contribution is -0.127. The first kappa shape index (κ1) is 23.3. The Kier molecular flexibility index (Phi) is 8.48. The molecule has 2 heterocycles. The fourth-order valence-electron chi connectivity index (χ4n) is 3.58. The summed E-state index contributed by atoms with van der Waals surface area (Å²) in [5.74, 6) is 0.717. The molecule has 9 heteroatoms. The zero-order chi connectivity index (χ0) is 22.2. The van der Waals surface area contributed by atoms with Gasteiger partial charge in [0.25, 0.3) is 5.91 Å². The van der Waals surface area contributed by atoms with Crippen molar-refractivity contribution in [1.29, 1.82) is 5.41 Å². The minimum absolute atomic E-state index is 0.0245. The number of carbonyl (C=O) groups excluding carboxylic acids is 2. The molecule has 3 N–H and O–H groups in total. The summed E-state index contributed by atoms with van der Waals surface area (Å²) < 4.78 is 6.42. The van der Waals surface area contributed by atoms with Crippen LogP contribution in [0.5, 0.6) is 5.75 Å². The van der Waals surface area contributed by atoms with Crippen LogP contribution in [-0.2, 0) is 17.6 Å². The molecule has 0 bridgehead atoms. The van der Waals surface area contributed by atoms with Gasteiger partial charge in [0.1, 0.15) is 5.75 Å². The first-order valence-corrected chi connectivity index (χ1v) is 12.0. The van der Waals surface area contributed by atoms with E-state index in [4.69, 9.17) is 10.1 Å². The van der Waals surface area contributed by atoms with Crippen molar-refractivity contribution < 1.29 is 14.3 Å². The third-order valence-corrected chi connectivity index (χ3v) is 6.64. The Bertz CT molecular complexity index is 947. The SMILES string of the molecule is COc1ccc(Br)cc1CCc1sccc1C(=O)NC(=N)NCCCN1CCCC1=O. The van der Waals surface area contributed by atoms with E-state index in [1.165, 1.54) is 11.3 Å². The number of thiophene rings is 1. The number of aryl methyl sites for hydroxylation is 2. The summed E-state index contributed by atoms with van der Waals surface area (Å²) in [5, 5.41) is 15.4. The Balaban J connectivity index is 1.47. The van der Waals surface area contributed by atoms with Crippen LogP contribution < -0.4 is 15.4 Å². The molecule has 1 aliphatic rings. The highest BCUT2D eigenvalue weighted by Crippen LogP contribution is 2.26. The van der Waals surface area contributed by atoms with Crippen molar-refractivity contribution in [2.45, 2.75) is 32.1 Å². The molecular formula is C22H27BrN4O3S. The second kappa shape index (κ2) is 11.3. The van der Waals surface area contributed by atoms with E-state index >= 15 is 0 Å². The summed E-state index contributed by atoms with van der Waals surface area (Å²) in [6, 6.07) is 7.68. The number of amides is 2. The monoisotopic (exact) mass is 506 g/mol. The first-order valence-electron chi connectivity index (χ1n) is 10.3. The highest BCUT2D eigenvalue weighted by molar-refractivity contribution is 9.10. The molecular weight excluding hydrogens is 480 g/mol. The van der Waals surface area contributed by atoms with Crippen LogP contribution in [0, 0.1) is 5.41 Å². The number of carbonyl (C=O) groups is 2. The number of hydrogen-bond acceptors (Lipinski definition) is 5. The maximum absolute atomic E-state index is 12.6. The number of methoxy groups -OCH3 is 1. The van der Waals surface area contributed by atoms with E-state index < -0.39 is 0 Å². The van der Waals surface area contributed by atoms with Crippen LogP contribution in [0.25, 0.3) is 0 Å². The van der Waals surface area contributed by atoms with Crippen LogP contribution in [0.2, 0.25) is 0 Å². The molecule has 3 rings (SSSR count). The molecule has 0 spiro atoms. The minimum Gasteiger partial charge on any atom is -0.496 e. The molecule has 1 aromatic heterocycles. The average Bonchev–Trinajstić information content (AvgIpc) is 3.38. The molecule has 1 fully saturated rings. The molecule has 31 heavy (non-hydrogen) atoms. The zero-order valence-corrected chi connectivity index (χ0v) is 19.9. The van der Waals surface area contributed by atoms with Gasteiger partial charge in [-0.15, -0.1) is 11.3 Å². The number of halogens is 1. The normalized spacial score (nSPS) is 13.4. The predicted octanol–water partition coefficient (Wildman–Crippen LogP) is 3.57. The number of likely N-dealkylation sites (tertiary alicyclic amines) is 1. The maximum Gasteiger partial charge on any atom is 0.259 e. The Morgan fingerprint density at radius 3 is 2.90 bits per heavy atom. The van der Waals surface area contributed by atoms with Crippen molar-refractivity contribution in [1.82, 2.24) is 15.5 Å². The van der Waals surface area contributed by atoms with Gasteiger partial charge in [0, 0.05) is 35.4 Å². The van der Waals surface area contributed by atoms with Gasteiger partial charge in [0.05, 0.1) is 12.7 Å². The lowest BCUT2D eigenvalue weighted by Gasteiger charge is -2.16. The molecule has 1 saturated heterocycles. The number of guanidine groups is 1. The van der Waals surface area contributed by atoms with E-state index in [9.17, 15) is 9.59 Å². The van der Waals surface area contributed by atoms with Crippen molar-refractivity contribution in [2.75, 3.05) is 26.7 Å². The molecule has 1 aliphatic heterocycles. The maximum atomic E-state index is 12.6. The topological polar surface area (TPSA) is 94.5 Å². The van der Waals surface area contributed by atoms with Gasteiger partial charge in [-0.1, -0.05) is 15.9 Å². The van der Waals surface area contributed by atoms with Gasteiger partial charge in [-0.2, -0.15) is 0 Å². The summed E-state index contributed by atoms with van der Waals surface area (Å²) >= 11 is 5.03. The van der Waals surface area contributed by atoms with E-state index in [0.717, 1.165) is 46.5 Å². The molecule has 0 unspecified atom stereocenters. The molecule has 2 aromatic rings. The lowest BCUT2D eigenvalue weighted by atomic mass is 10.1. The number of rotatable bonds is 9. The summed E-state index contributed by atoms with van der Waals surface area (Å²) in [7, 11) is 1.65. The van der Waals surface area contributed by atoms with Crippen molar-refractivity contribution in [3.8, 4) is 5.75 Å². The summed E-state index contributed by atoms with van der Waals surface area (Å²) in [6.45, 7) is 2.03. The van der Waals surface area contributed by atoms with Crippen LogP contribution in [0.3, 0.4) is 0 Å². The third kappa shape index (κ3) is 6.54. The highest BCUT2D eigenvalue weighted by Gasteiger charge is 2.19. The van der Waals surface area contributed by atoms with Gasteiger partial charge in [-0.25, -0.2) is 0 Å². The fraction of sp³-hybridized carbons (Fsp3) is 0.409. The van der Waals surface area contributed by atoms with Crippen molar-refractivity contribution in [3.63, 3.8) is 0 Å². The molecule has 0 saturated carbocycles. The number of ether oxygens (including phenoxy) is 1. The van der Waals surface area contributed by atoms with E-state index in [1.807, 2.05) is 28.5 Å². The number of nitrogens with zero attached hydrogens (tertiary/aromatic N) is 1. The zero-order valence-electron chi connectivity index (χ0n) is 17.5. The molecule has 1 aromatic carbocycles. The smallest absolute Gasteiger partial charge is 0.259 e. The second-order valence-electron chi connectivity index (χ2n) is 7.31. The van der Waals surface area contributed by atoms with Crippen molar-refractivity contribution in [3.05, 3.63) is 50.1 Å². The summed E-state index contributed by atoms with van der Waals surface area (Å²) in [5.41, 5.74) is 1.66. The van der Waals surface area contributed by atoms with Gasteiger partial charge in [0.2, 0.25) is 5.91 Å². The van der Waals surface area contributed by atoms with E-state index in [1.54, 1.807) is 13.2 Å². The standard InChI is InChI=1S/C22H27BrN4O3S/c1-30-18-7-6-16(23)14-15(18)5-8-19-17(9-13-31-19)21(29)26-22(24)25-10-3-12-27-11-2-4-20(27)28/h6-7,9,13-14H,2-5,8,10-12H2,1H3,(H3,24,25,26,29). The summed E-state index contributed by atoms with van der Waals surface area (Å²) in [6.07, 6.45) is 3.75. The van der Waals surface area contributed by atoms with Gasteiger partial charge < -0.3 is 15.0 Å². The van der Waals surface area contributed by atoms with Gasteiger partial charge in [-0.3, -0.25) is 20.3 Å². The van der Waals surface area contributed by atoms with Crippen LogP contribution >= 0.6 is 27.3 Å². The average molecular weight is 507 g/mol. The Morgan fingerprint density at radius 2 is 2.16 bits per heavy atom. The van der Waals surface area contributed by atoms with Gasteiger partial charge in [-0.05, 0) is 60.9 Å². The fourth-order valence-corrected chi connectivity index (χ4v) is 4.86.